The molecule has 156 valence electrons. The number of carboxylic acids is 1. The minimum atomic E-state index is -5.08. The van der Waals surface area contributed by atoms with Gasteiger partial charge in [0.05, 0.1) is 4.47 Å². The molecule has 3 aromatic rings. The maximum Gasteiger partial charge on any atom is 0.490 e. The summed E-state index contributed by atoms with van der Waals surface area (Å²) in [5.74, 6) is -1.44. The zero-order valence-electron chi connectivity index (χ0n) is 15.4. The summed E-state index contributed by atoms with van der Waals surface area (Å²) in [4.78, 5) is 17.8. The molecule has 0 radical (unpaired) electrons. The molecular weight excluding hydrogens is 465 g/mol. The number of benzene rings is 2. The van der Waals surface area contributed by atoms with Crippen molar-refractivity contribution in [2.24, 2.45) is 0 Å². The van der Waals surface area contributed by atoms with Gasteiger partial charge in [-0.15, -0.1) is 0 Å². The van der Waals surface area contributed by atoms with E-state index in [9.17, 15) is 13.2 Å². The quantitative estimate of drug-likeness (QED) is 0.396. The van der Waals surface area contributed by atoms with Crippen LogP contribution in [0, 0.1) is 0 Å². The van der Waals surface area contributed by atoms with Gasteiger partial charge in [-0.05, 0) is 64.2 Å². The summed E-state index contributed by atoms with van der Waals surface area (Å²) >= 11 is 3.50. The average molecular weight is 481 g/mol. The second-order valence-corrected chi connectivity index (χ2v) is 7.20. The molecule has 0 atom stereocenters. The molecule has 10 heteroatoms. The van der Waals surface area contributed by atoms with Crippen LogP contribution in [0.25, 0.3) is 0 Å². The number of fused-ring (bicyclic) bond motifs is 6. The number of hydrogen-bond donors (Lipinski definition) is 3. The molecule has 0 saturated heterocycles. The second-order valence-electron chi connectivity index (χ2n) is 6.34. The number of rotatable bonds is 0. The normalized spacial score (nSPS) is 12.5. The Morgan fingerprint density at radius 3 is 2.07 bits per heavy atom. The second kappa shape index (κ2) is 9.12. The summed E-state index contributed by atoms with van der Waals surface area (Å²) < 4.78 is 32.6. The van der Waals surface area contributed by atoms with E-state index in [1.807, 2.05) is 12.1 Å². The van der Waals surface area contributed by atoms with E-state index in [0.29, 0.717) is 5.95 Å². The van der Waals surface area contributed by atoms with Crippen LogP contribution in [-0.2, 0) is 17.6 Å². The first-order valence-electron chi connectivity index (χ1n) is 8.75. The highest BCUT2D eigenvalue weighted by Gasteiger charge is 2.38. The summed E-state index contributed by atoms with van der Waals surface area (Å²) in [5.41, 5.74) is 4.63. The molecule has 1 aliphatic rings. The lowest BCUT2D eigenvalue weighted by Gasteiger charge is -2.10. The largest absolute Gasteiger partial charge is 0.490 e. The number of nitrogens with zero attached hydrogens (tertiary/aromatic N) is 2. The lowest BCUT2D eigenvalue weighted by molar-refractivity contribution is -0.192. The number of aryl methyl sites for hydroxylation is 2. The topological polar surface area (TPSA) is 87.1 Å². The number of aliphatic carboxylic acids is 1. The van der Waals surface area contributed by atoms with Crippen LogP contribution in [0.4, 0.5) is 36.3 Å². The van der Waals surface area contributed by atoms with Gasteiger partial charge in [-0.2, -0.15) is 18.2 Å². The molecule has 0 amide bonds. The van der Waals surface area contributed by atoms with Crippen molar-refractivity contribution in [1.82, 2.24) is 9.97 Å². The van der Waals surface area contributed by atoms with Crippen molar-refractivity contribution >= 4 is 45.0 Å². The van der Waals surface area contributed by atoms with Gasteiger partial charge in [0.1, 0.15) is 5.82 Å². The van der Waals surface area contributed by atoms with Crippen molar-refractivity contribution < 1.29 is 23.1 Å². The van der Waals surface area contributed by atoms with Crippen LogP contribution in [0.1, 0.15) is 11.1 Å². The predicted molar refractivity (Wildman–Crippen MR) is 110 cm³/mol. The van der Waals surface area contributed by atoms with Crippen LogP contribution in [0.15, 0.2) is 59.2 Å². The van der Waals surface area contributed by atoms with Crippen molar-refractivity contribution in [2.45, 2.75) is 19.0 Å². The molecule has 0 fully saturated rings. The van der Waals surface area contributed by atoms with E-state index < -0.39 is 12.1 Å². The van der Waals surface area contributed by atoms with Gasteiger partial charge in [-0.1, -0.05) is 24.3 Å². The Morgan fingerprint density at radius 2 is 1.53 bits per heavy atom. The van der Waals surface area contributed by atoms with Crippen molar-refractivity contribution in [1.29, 1.82) is 0 Å². The average Bonchev–Trinajstić information content (AvgIpc) is 2.69. The van der Waals surface area contributed by atoms with Gasteiger partial charge in [-0.3, -0.25) is 0 Å². The van der Waals surface area contributed by atoms with Crippen molar-refractivity contribution in [2.75, 3.05) is 10.6 Å². The lowest BCUT2D eigenvalue weighted by Crippen LogP contribution is -2.21. The number of anilines is 4. The lowest BCUT2D eigenvalue weighted by atomic mass is 10.0. The molecule has 30 heavy (non-hydrogen) atoms. The first-order valence-corrected chi connectivity index (χ1v) is 9.54. The van der Waals surface area contributed by atoms with E-state index in [1.165, 1.54) is 11.1 Å². The molecule has 0 saturated carbocycles. The van der Waals surface area contributed by atoms with E-state index in [2.05, 4.69) is 72.9 Å². The number of halogens is 4. The predicted octanol–water partition coefficient (Wildman–Crippen LogP) is 5.46. The van der Waals surface area contributed by atoms with E-state index in [4.69, 9.17) is 9.90 Å². The van der Waals surface area contributed by atoms with Gasteiger partial charge < -0.3 is 15.7 Å². The van der Waals surface area contributed by atoms with Gasteiger partial charge in [0.25, 0.3) is 0 Å². The first kappa shape index (κ1) is 21.6. The molecule has 0 spiro atoms. The summed E-state index contributed by atoms with van der Waals surface area (Å²) in [6.45, 7) is 0. The molecule has 6 bridgehead atoms. The van der Waals surface area contributed by atoms with Crippen LogP contribution >= 0.6 is 15.9 Å². The van der Waals surface area contributed by atoms with Crippen molar-refractivity contribution in [3.63, 3.8) is 0 Å². The zero-order chi connectivity index (χ0) is 21.7. The summed E-state index contributed by atoms with van der Waals surface area (Å²) in [6.07, 6.45) is -1.32. The Bertz CT molecular complexity index is 1060. The smallest absolute Gasteiger partial charge is 0.475 e. The first-order chi connectivity index (χ1) is 14.2. The maximum atomic E-state index is 10.6. The zero-order valence-corrected chi connectivity index (χ0v) is 17.0. The van der Waals surface area contributed by atoms with Crippen molar-refractivity contribution in [3.8, 4) is 0 Å². The van der Waals surface area contributed by atoms with Crippen LogP contribution in [0.5, 0.6) is 0 Å². The SMILES string of the molecule is Brc1cnc2nc1Nc1cccc(c1)CCc1cccc(c1)N2.O=C(O)C(F)(F)F. The van der Waals surface area contributed by atoms with Gasteiger partial charge >= 0.3 is 12.1 Å². The highest BCUT2D eigenvalue weighted by molar-refractivity contribution is 9.10. The standard InChI is InChI=1S/C18H15BrN4.C2HF3O2/c19-16-11-20-18-22-15-6-2-4-13(10-15)8-7-12-3-1-5-14(9-12)21-17(16)23-18;3-2(4,5)1(6)7/h1-6,9-11H,7-8H2,(H2,20,21,22,23);(H,6,7). The number of alkyl halides is 3. The Balaban J connectivity index is 0.000000318. The molecule has 1 aromatic heterocycles. The third kappa shape index (κ3) is 5.93. The Morgan fingerprint density at radius 1 is 1.00 bits per heavy atom. The molecule has 2 aromatic carbocycles. The Kier molecular flexibility index (Phi) is 6.56. The molecule has 3 N–H and O–H groups in total. The fourth-order valence-corrected chi connectivity index (χ4v) is 2.97. The maximum absolute atomic E-state index is 10.6. The fourth-order valence-electron chi connectivity index (χ4n) is 2.68. The Hall–Kier alpha value is -3.14. The van der Waals surface area contributed by atoms with E-state index in [1.54, 1.807) is 6.20 Å². The van der Waals surface area contributed by atoms with Gasteiger partial charge in [0.2, 0.25) is 5.95 Å². The highest BCUT2D eigenvalue weighted by Crippen LogP contribution is 2.27. The number of carboxylic acid groups (broad SMARTS) is 1. The number of carbonyl (C=O) groups is 1. The van der Waals surface area contributed by atoms with Crippen molar-refractivity contribution in [3.05, 3.63) is 70.3 Å². The van der Waals surface area contributed by atoms with Crippen LogP contribution < -0.4 is 10.6 Å². The fraction of sp³-hybridized carbons (Fsp3) is 0.150. The third-order valence-corrected chi connectivity index (χ3v) is 4.64. The van der Waals surface area contributed by atoms with Crippen LogP contribution in [0.2, 0.25) is 0 Å². The molecule has 4 rings (SSSR count). The molecule has 0 aliphatic carbocycles. The van der Waals surface area contributed by atoms with E-state index >= 15 is 0 Å². The summed E-state index contributed by atoms with van der Waals surface area (Å²) in [6, 6.07) is 16.8. The third-order valence-electron chi connectivity index (χ3n) is 4.06. The Labute approximate surface area is 178 Å². The van der Waals surface area contributed by atoms with E-state index in [-0.39, 0.29) is 0 Å². The molecule has 2 heterocycles. The minimum Gasteiger partial charge on any atom is -0.475 e. The summed E-state index contributed by atoms with van der Waals surface area (Å²) in [5, 5.41) is 13.8. The number of hydrogen-bond acceptors (Lipinski definition) is 5. The molecule has 1 aliphatic heterocycles. The molecule has 0 unspecified atom stereocenters. The minimum absolute atomic E-state index is 0.572. The van der Waals surface area contributed by atoms with Gasteiger partial charge in [-0.25, -0.2) is 9.78 Å². The van der Waals surface area contributed by atoms with Gasteiger partial charge in [0, 0.05) is 17.6 Å². The number of nitrogens with one attached hydrogen (secondary N) is 2. The monoisotopic (exact) mass is 480 g/mol. The van der Waals surface area contributed by atoms with Crippen LogP contribution in [-0.4, -0.2) is 27.2 Å². The van der Waals surface area contributed by atoms with E-state index in [0.717, 1.165) is 34.5 Å². The molecular formula is C20H16BrF3N4O2. The van der Waals surface area contributed by atoms with Gasteiger partial charge in [0.15, 0.2) is 0 Å². The molecule has 6 nitrogen and oxygen atoms in total. The summed E-state index contributed by atoms with van der Waals surface area (Å²) in [7, 11) is 0. The highest BCUT2D eigenvalue weighted by atomic mass is 79.9. The number of aromatic nitrogens is 2. The van der Waals surface area contributed by atoms with Crippen LogP contribution in [0.3, 0.4) is 0 Å².